The van der Waals surface area contributed by atoms with Gasteiger partial charge in [0.15, 0.2) is 5.11 Å². The van der Waals surface area contributed by atoms with Gasteiger partial charge in [-0.05, 0) is 23.8 Å². The minimum atomic E-state index is -0.308. The number of hydrogen-bond donors (Lipinski definition) is 1. The molecule has 0 aliphatic carbocycles. The van der Waals surface area contributed by atoms with E-state index in [2.05, 4.69) is 10.4 Å². The van der Waals surface area contributed by atoms with Crippen molar-refractivity contribution in [1.82, 2.24) is 10.3 Å². The lowest BCUT2D eigenvalue weighted by Crippen LogP contribution is -2.33. The summed E-state index contributed by atoms with van der Waals surface area (Å²) in [6.45, 7) is 0.624. The number of nitrogens with one attached hydrogen (secondary N) is 1. The zero-order valence-corrected chi connectivity index (χ0v) is 12.5. The first-order valence-electron chi connectivity index (χ1n) is 6.51. The van der Waals surface area contributed by atoms with Crippen molar-refractivity contribution in [2.45, 2.75) is 6.54 Å². The van der Waals surface area contributed by atoms with E-state index in [4.69, 9.17) is 12.2 Å². The quantitative estimate of drug-likeness (QED) is 0.534. The number of rotatable bonds is 4. The fourth-order valence-electron chi connectivity index (χ4n) is 1.67. The van der Waals surface area contributed by atoms with Crippen LogP contribution in [-0.2, 0) is 6.54 Å². The minimum Gasteiger partial charge on any atom is -0.357 e. The molecule has 0 bridgehead atoms. The summed E-state index contributed by atoms with van der Waals surface area (Å²) in [4.78, 5) is 0. The molecule has 0 saturated heterocycles. The lowest BCUT2D eigenvalue weighted by molar-refractivity contribution is 0.531. The summed E-state index contributed by atoms with van der Waals surface area (Å²) in [5, 5.41) is 9.21. The van der Waals surface area contributed by atoms with Crippen molar-refractivity contribution in [3.8, 4) is 0 Å². The summed E-state index contributed by atoms with van der Waals surface area (Å²) >= 11 is 5.23. The normalized spacial score (nSPS) is 10.6. The lowest BCUT2D eigenvalue weighted by Gasteiger charge is -2.15. The molecule has 0 aliphatic heterocycles. The summed E-state index contributed by atoms with van der Waals surface area (Å²) in [6.07, 6.45) is 1.45. The van der Waals surface area contributed by atoms with Crippen LogP contribution in [0, 0.1) is 5.82 Å². The Kier molecular flexibility index (Phi) is 5.40. The van der Waals surface area contributed by atoms with Crippen LogP contribution in [0.4, 0.5) is 4.39 Å². The third-order valence-electron chi connectivity index (χ3n) is 2.86. The Bertz CT molecular complexity index is 628. The van der Waals surface area contributed by atoms with Crippen molar-refractivity contribution in [3.05, 3.63) is 71.5 Å². The number of hydrogen-bond acceptors (Lipinski definition) is 2. The Labute approximate surface area is 129 Å². The monoisotopic (exact) mass is 301 g/mol. The maximum Gasteiger partial charge on any atom is 0.189 e. The number of benzene rings is 2. The zero-order valence-electron chi connectivity index (χ0n) is 11.7. The molecular weight excluding hydrogens is 285 g/mol. The highest BCUT2D eigenvalue weighted by Gasteiger charge is 2.02. The Balaban J connectivity index is 1.89. The molecule has 5 heteroatoms. The molecule has 21 heavy (non-hydrogen) atoms. The van der Waals surface area contributed by atoms with Crippen molar-refractivity contribution >= 4 is 23.5 Å². The smallest absolute Gasteiger partial charge is 0.189 e. The summed E-state index contributed by atoms with van der Waals surface area (Å²) in [6, 6.07) is 16.4. The molecule has 0 aromatic heterocycles. The molecule has 2 rings (SSSR count). The van der Waals surface area contributed by atoms with Crippen LogP contribution in [0.5, 0.6) is 0 Å². The Morgan fingerprint density at radius 3 is 2.57 bits per heavy atom. The van der Waals surface area contributed by atoms with E-state index in [0.29, 0.717) is 17.2 Å². The molecule has 1 N–H and O–H groups in total. The Morgan fingerprint density at radius 2 is 1.86 bits per heavy atom. The van der Waals surface area contributed by atoms with Crippen LogP contribution in [0.1, 0.15) is 11.1 Å². The van der Waals surface area contributed by atoms with Crippen LogP contribution in [0.25, 0.3) is 0 Å². The molecule has 0 atom stereocenters. The van der Waals surface area contributed by atoms with Gasteiger partial charge in [-0.3, -0.25) is 0 Å². The predicted molar refractivity (Wildman–Crippen MR) is 87.6 cm³/mol. The Morgan fingerprint density at radius 1 is 1.19 bits per heavy atom. The molecule has 0 amide bonds. The highest BCUT2D eigenvalue weighted by atomic mass is 32.1. The highest BCUT2D eigenvalue weighted by molar-refractivity contribution is 7.80. The number of hydrazone groups is 1. The largest absolute Gasteiger partial charge is 0.357 e. The van der Waals surface area contributed by atoms with E-state index in [1.165, 1.54) is 17.3 Å². The van der Waals surface area contributed by atoms with Crippen LogP contribution in [0.15, 0.2) is 59.7 Å². The van der Waals surface area contributed by atoms with E-state index in [9.17, 15) is 4.39 Å². The Hall–Kier alpha value is -2.27. The van der Waals surface area contributed by atoms with Gasteiger partial charge >= 0.3 is 0 Å². The lowest BCUT2D eigenvalue weighted by atomic mass is 10.2. The van der Waals surface area contributed by atoms with Gasteiger partial charge in [-0.25, -0.2) is 9.40 Å². The van der Waals surface area contributed by atoms with Crippen LogP contribution < -0.4 is 5.32 Å². The molecule has 0 radical (unpaired) electrons. The predicted octanol–water partition coefficient (Wildman–Crippen LogP) is 3.17. The average molecular weight is 301 g/mol. The van der Waals surface area contributed by atoms with Crippen molar-refractivity contribution < 1.29 is 4.39 Å². The molecule has 0 heterocycles. The van der Waals surface area contributed by atoms with E-state index < -0.39 is 0 Å². The molecule has 2 aromatic rings. The first-order valence-corrected chi connectivity index (χ1v) is 6.91. The summed E-state index contributed by atoms with van der Waals surface area (Å²) in [5.74, 6) is -0.308. The molecule has 0 fully saturated rings. The SMILES string of the molecule is CN(/N=C\c1ccccc1F)C(=S)NCc1ccccc1. The molecule has 0 saturated carbocycles. The van der Waals surface area contributed by atoms with Crippen LogP contribution in [0.3, 0.4) is 0 Å². The third-order valence-corrected chi connectivity index (χ3v) is 3.26. The second kappa shape index (κ2) is 7.50. The summed E-state index contributed by atoms with van der Waals surface area (Å²) in [5.41, 5.74) is 1.56. The second-order valence-electron chi connectivity index (χ2n) is 4.43. The third kappa shape index (κ3) is 4.65. The summed E-state index contributed by atoms with van der Waals surface area (Å²) in [7, 11) is 1.72. The maximum absolute atomic E-state index is 13.5. The summed E-state index contributed by atoms with van der Waals surface area (Å²) < 4.78 is 13.5. The maximum atomic E-state index is 13.5. The van der Waals surface area contributed by atoms with Gasteiger partial charge in [0.25, 0.3) is 0 Å². The van der Waals surface area contributed by atoms with Gasteiger partial charge in [0.1, 0.15) is 5.82 Å². The van der Waals surface area contributed by atoms with Crippen LogP contribution in [-0.4, -0.2) is 23.4 Å². The molecular formula is C16H16FN3S. The van der Waals surface area contributed by atoms with Crippen molar-refractivity contribution in [2.24, 2.45) is 5.10 Å². The van der Waals surface area contributed by atoms with Crippen molar-refractivity contribution in [2.75, 3.05) is 7.05 Å². The average Bonchev–Trinajstić information content (AvgIpc) is 2.52. The van der Waals surface area contributed by atoms with Gasteiger partial charge in [-0.2, -0.15) is 5.10 Å². The van der Waals surface area contributed by atoms with Crippen LogP contribution >= 0.6 is 12.2 Å². The fraction of sp³-hybridized carbons (Fsp3) is 0.125. The van der Waals surface area contributed by atoms with Gasteiger partial charge in [0.05, 0.1) is 6.21 Å². The standard InChI is InChI=1S/C16H16FN3S/c1-20(19-12-14-9-5-6-10-15(14)17)16(21)18-11-13-7-3-2-4-8-13/h2-10,12H,11H2,1H3,(H,18,21)/b19-12-. The number of thiocarbonyl (C=S) groups is 1. The van der Waals surface area contributed by atoms with Gasteiger partial charge in [0, 0.05) is 19.2 Å². The van der Waals surface area contributed by atoms with Crippen LogP contribution in [0.2, 0.25) is 0 Å². The molecule has 108 valence electrons. The van der Waals surface area contributed by atoms with E-state index in [1.807, 2.05) is 30.3 Å². The first-order chi connectivity index (χ1) is 10.2. The van der Waals surface area contributed by atoms with Gasteiger partial charge < -0.3 is 5.32 Å². The number of halogens is 1. The molecule has 0 unspecified atom stereocenters. The topological polar surface area (TPSA) is 27.6 Å². The first kappa shape index (κ1) is 15.1. The van der Waals surface area contributed by atoms with Gasteiger partial charge in [-0.1, -0.05) is 48.5 Å². The highest BCUT2D eigenvalue weighted by Crippen LogP contribution is 2.03. The van der Waals surface area contributed by atoms with Gasteiger partial charge in [0.2, 0.25) is 0 Å². The fourth-order valence-corrected chi connectivity index (χ4v) is 1.79. The zero-order chi connectivity index (χ0) is 15.1. The van der Waals surface area contributed by atoms with E-state index >= 15 is 0 Å². The van der Waals surface area contributed by atoms with E-state index in [1.54, 1.807) is 25.2 Å². The van der Waals surface area contributed by atoms with E-state index in [-0.39, 0.29) is 5.82 Å². The van der Waals surface area contributed by atoms with Crippen molar-refractivity contribution in [3.63, 3.8) is 0 Å². The second-order valence-corrected chi connectivity index (χ2v) is 4.82. The minimum absolute atomic E-state index is 0.308. The van der Waals surface area contributed by atoms with Gasteiger partial charge in [-0.15, -0.1) is 0 Å². The van der Waals surface area contributed by atoms with E-state index in [0.717, 1.165) is 5.56 Å². The molecule has 0 spiro atoms. The molecule has 0 aliphatic rings. The number of nitrogens with zero attached hydrogens (tertiary/aromatic N) is 2. The van der Waals surface area contributed by atoms with Crippen molar-refractivity contribution in [1.29, 1.82) is 0 Å². The molecule has 2 aromatic carbocycles. The molecule has 3 nitrogen and oxygen atoms in total.